The number of carbonyl (C=O) groups is 3. The van der Waals surface area contributed by atoms with Crippen LogP contribution >= 0.6 is 0 Å². The van der Waals surface area contributed by atoms with E-state index in [1.807, 2.05) is 0 Å². The molecule has 0 saturated heterocycles. The molecule has 8 heteroatoms. The molecule has 1 aromatic rings. The van der Waals surface area contributed by atoms with E-state index in [2.05, 4.69) is 0 Å². The Morgan fingerprint density at radius 2 is 1.70 bits per heavy atom. The fraction of sp³-hybridized carbons (Fsp3) is 0.526. The maximum absolute atomic E-state index is 12.6. The number of benzene rings is 1. The highest BCUT2D eigenvalue weighted by Crippen LogP contribution is 2.41. The van der Waals surface area contributed by atoms with Crippen molar-refractivity contribution in [3.05, 3.63) is 39.9 Å². The van der Waals surface area contributed by atoms with Crippen molar-refractivity contribution >= 4 is 23.4 Å². The summed E-state index contributed by atoms with van der Waals surface area (Å²) in [6.45, 7) is 3.42. The lowest BCUT2D eigenvalue weighted by Gasteiger charge is -2.28. The molecule has 0 radical (unpaired) electrons. The second kappa shape index (κ2) is 9.25. The van der Waals surface area contributed by atoms with E-state index in [0.29, 0.717) is 24.8 Å². The van der Waals surface area contributed by atoms with Crippen LogP contribution in [0.5, 0.6) is 0 Å². The first-order valence-electron chi connectivity index (χ1n) is 9.01. The van der Waals surface area contributed by atoms with E-state index in [9.17, 15) is 24.5 Å². The summed E-state index contributed by atoms with van der Waals surface area (Å²) in [6.07, 6.45) is 1.59. The zero-order valence-electron chi connectivity index (χ0n) is 15.4. The number of carbonyl (C=O) groups excluding carboxylic acids is 3. The molecule has 1 aliphatic carbocycles. The zero-order valence-corrected chi connectivity index (χ0v) is 15.4. The molecule has 1 fully saturated rings. The molecule has 2 rings (SSSR count). The van der Waals surface area contributed by atoms with E-state index in [1.54, 1.807) is 13.8 Å². The van der Waals surface area contributed by atoms with Crippen LogP contribution in [0.15, 0.2) is 24.3 Å². The molecule has 0 N–H and O–H groups in total. The van der Waals surface area contributed by atoms with Gasteiger partial charge < -0.3 is 9.47 Å². The first-order chi connectivity index (χ1) is 12.9. The Balaban J connectivity index is 2.50. The smallest absolute Gasteiger partial charge is 0.320 e. The van der Waals surface area contributed by atoms with Crippen LogP contribution in [-0.4, -0.2) is 35.9 Å². The van der Waals surface area contributed by atoms with E-state index < -0.39 is 34.6 Å². The Labute approximate surface area is 157 Å². The number of non-ortho nitro benzene ring substituents is 1. The predicted octanol–water partition coefficient (Wildman–Crippen LogP) is 2.79. The van der Waals surface area contributed by atoms with Crippen molar-refractivity contribution < 1.29 is 28.8 Å². The van der Waals surface area contributed by atoms with Gasteiger partial charge in [0.15, 0.2) is 5.92 Å². The number of rotatable bonds is 8. The largest absolute Gasteiger partial charge is 0.465 e. The zero-order chi connectivity index (χ0) is 20.0. The number of nitro benzene ring substituents is 1. The van der Waals surface area contributed by atoms with Crippen molar-refractivity contribution in [3.63, 3.8) is 0 Å². The fourth-order valence-electron chi connectivity index (χ4n) is 3.55. The molecule has 1 aliphatic rings. The van der Waals surface area contributed by atoms with Gasteiger partial charge in [-0.15, -0.1) is 0 Å². The Hall–Kier alpha value is -2.77. The Morgan fingerprint density at radius 3 is 2.11 bits per heavy atom. The molecule has 27 heavy (non-hydrogen) atoms. The lowest BCUT2D eigenvalue weighted by molar-refractivity contribution is -0.384. The summed E-state index contributed by atoms with van der Waals surface area (Å²) in [5, 5.41) is 10.9. The predicted molar refractivity (Wildman–Crippen MR) is 94.9 cm³/mol. The number of ketones is 1. The van der Waals surface area contributed by atoms with Gasteiger partial charge in [-0.25, -0.2) is 0 Å². The maximum atomic E-state index is 12.6. The third kappa shape index (κ3) is 4.69. The van der Waals surface area contributed by atoms with Gasteiger partial charge in [0.1, 0.15) is 5.78 Å². The summed E-state index contributed by atoms with van der Waals surface area (Å²) in [4.78, 5) is 47.9. The van der Waals surface area contributed by atoms with Gasteiger partial charge in [0.05, 0.1) is 18.1 Å². The monoisotopic (exact) mass is 377 g/mol. The molecule has 1 aromatic carbocycles. The lowest BCUT2D eigenvalue weighted by atomic mass is 9.75. The molecular weight excluding hydrogens is 354 g/mol. The number of hydrogen-bond acceptors (Lipinski definition) is 7. The van der Waals surface area contributed by atoms with Crippen molar-refractivity contribution in [2.75, 3.05) is 13.2 Å². The van der Waals surface area contributed by atoms with Crippen LogP contribution < -0.4 is 0 Å². The number of nitrogens with zero attached hydrogens (tertiary/aromatic N) is 1. The molecule has 0 heterocycles. The second-order valence-electron chi connectivity index (χ2n) is 6.32. The number of hydrogen-bond donors (Lipinski definition) is 0. The lowest BCUT2D eigenvalue weighted by Crippen LogP contribution is -2.37. The molecule has 0 aromatic heterocycles. The van der Waals surface area contributed by atoms with E-state index in [4.69, 9.17) is 9.47 Å². The van der Waals surface area contributed by atoms with Gasteiger partial charge in [-0.2, -0.15) is 0 Å². The van der Waals surface area contributed by atoms with Crippen molar-refractivity contribution in [1.29, 1.82) is 0 Å². The molecule has 0 unspecified atom stereocenters. The minimum Gasteiger partial charge on any atom is -0.465 e. The van der Waals surface area contributed by atoms with E-state index in [1.165, 1.54) is 24.3 Å². The van der Waals surface area contributed by atoms with E-state index in [-0.39, 0.29) is 24.7 Å². The summed E-state index contributed by atoms with van der Waals surface area (Å²) in [5.41, 5.74) is 0.394. The molecule has 2 atom stereocenters. The van der Waals surface area contributed by atoms with Gasteiger partial charge in [-0.05, 0) is 32.3 Å². The highest BCUT2D eigenvalue weighted by molar-refractivity contribution is 5.97. The highest BCUT2D eigenvalue weighted by atomic mass is 16.6. The topological polar surface area (TPSA) is 113 Å². The number of ether oxygens (including phenoxy) is 2. The Bertz CT molecular complexity index is 695. The average Bonchev–Trinajstić information content (AvgIpc) is 3.05. The highest BCUT2D eigenvalue weighted by Gasteiger charge is 2.46. The third-order valence-electron chi connectivity index (χ3n) is 4.71. The Morgan fingerprint density at radius 1 is 1.15 bits per heavy atom. The minimum atomic E-state index is -1.29. The van der Waals surface area contributed by atoms with Gasteiger partial charge in [0.2, 0.25) is 0 Å². The molecule has 0 amide bonds. The molecular formula is C19H23NO7. The van der Waals surface area contributed by atoms with Gasteiger partial charge in [0.25, 0.3) is 5.69 Å². The molecule has 146 valence electrons. The van der Waals surface area contributed by atoms with Gasteiger partial charge in [-0.1, -0.05) is 12.1 Å². The van der Waals surface area contributed by atoms with Crippen molar-refractivity contribution in [2.24, 2.45) is 11.8 Å². The van der Waals surface area contributed by atoms with Gasteiger partial charge >= 0.3 is 11.9 Å². The number of nitro groups is 1. The van der Waals surface area contributed by atoms with Crippen molar-refractivity contribution in [3.8, 4) is 0 Å². The summed E-state index contributed by atoms with van der Waals surface area (Å²) in [7, 11) is 0. The molecule has 1 saturated carbocycles. The van der Waals surface area contributed by atoms with Gasteiger partial charge in [-0.3, -0.25) is 24.5 Å². The van der Waals surface area contributed by atoms with E-state index >= 15 is 0 Å². The third-order valence-corrected chi connectivity index (χ3v) is 4.71. The summed E-state index contributed by atoms with van der Waals surface area (Å²) >= 11 is 0. The molecule has 0 aliphatic heterocycles. The number of esters is 2. The maximum Gasteiger partial charge on any atom is 0.320 e. The van der Waals surface area contributed by atoms with Gasteiger partial charge in [0, 0.05) is 30.4 Å². The Kier molecular flexibility index (Phi) is 7.04. The quantitative estimate of drug-likeness (QED) is 0.296. The standard InChI is InChI=1S/C19H23NO7/c1-3-26-18(22)17(19(23)27-4-2)16(14-6-5-7-15(14)21)12-8-10-13(11-9-12)20(24)25/h8-11,14,16-17H,3-7H2,1-2H3/t14-,16+/m1/s1. The normalized spacial score (nSPS) is 17.6. The minimum absolute atomic E-state index is 0.0306. The average molecular weight is 377 g/mol. The van der Waals surface area contributed by atoms with Crippen LogP contribution in [0.1, 0.15) is 44.6 Å². The molecule has 0 spiro atoms. The summed E-state index contributed by atoms with van der Waals surface area (Å²) in [6, 6.07) is 5.57. The van der Waals surface area contributed by atoms with E-state index in [0.717, 1.165) is 0 Å². The first-order valence-corrected chi connectivity index (χ1v) is 9.01. The summed E-state index contributed by atoms with van der Waals surface area (Å²) < 4.78 is 10.1. The van der Waals surface area contributed by atoms with Crippen LogP contribution in [0, 0.1) is 22.0 Å². The van der Waals surface area contributed by atoms with Crippen LogP contribution in [0.25, 0.3) is 0 Å². The van der Waals surface area contributed by atoms with Crippen molar-refractivity contribution in [1.82, 2.24) is 0 Å². The van der Waals surface area contributed by atoms with Crippen LogP contribution in [0.4, 0.5) is 5.69 Å². The van der Waals surface area contributed by atoms with Crippen LogP contribution in [-0.2, 0) is 23.9 Å². The summed E-state index contributed by atoms with van der Waals surface area (Å²) in [5.74, 6) is -4.14. The fourth-order valence-corrected chi connectivity index (χ4v) is 3.55. The van der Waals surface area contributed by atoms with Crippen LogP contribution in [0.3, 0.4) is 0 Å². The SMILES string of the molecule is CCOC(=O)C(C(=O)OCC)[C@@H](c1ccc([N+](=O)[O-])cc1)[C@@H]1CCCC1=O. The number of Topliss-reactive ketones (excluding diaryl/α,β-unsaturated/α-hetero) is 1. The second-order valence-corrected chi connectivity index (χ2v) is 6.32. The van der Waals surface area contributed by atoms with Crippen molar-refractivity contribution in [2.45, 2.75) is 39.0 Å². The molecule has 0 bridgehead atoms. The van der Waals surface area contributed by atoms with Crippen LogP contribution in [0.2, 0.25) is 0 Å². The molecule has 8 nitrogen and oxygen atoms in total. The first kappa shape index (κ1) is 20.5.